The van der Waals surface area contributed by atoms with E-state index < -0.39 is 0 Å². The molecule has 4 rings (SSSR count). The molecule has 2 aliphatic rings. The number of amides is 2. The number of hydrogen-bond acceptors (Lipinski definition) is 3. The van der Waals surface area contributed by atoms with Crippen LogP contribution in [0.25, 0.3) is 0 Å². The van der Waals surface area contributed by atoms with Crippen LogP contribution in [0.4, 0.5) is 16.2 Å². The molecule has 5 nitrogen and oxygen atoms in total. The standard InChI is InChI=1S/C23H30N4O/c1-19-17-25(18-20-9-3-2-4-10-20)15-16-27(19)23(28)24-21-11-5-6-12-22(21)26-13-7-8-14-26/h2-6,9-12,19H,7-8,13-18H2,1H3,(H,24,28)/t19-/m1/s1. The van der Waals surface area contributed by atoms with E-state index >= 15 is 0 Å². The number of carbonyl (C=O) groups is 1. The summed E-state index contributed by atoms with van der Waals surface area (Å²) < 4.78 is 0. The van der Waals surface area contributed by atoms with Gasteiger partial charge in [-0.15, -0.1) is 0 Å². The Morgan fingerprint density at radius 2 is 1.68 bits per heavy atom. The maximum atomic E-state index is 13.0. The van der Waals surface area contributed by atoms with Crippen LogP contribution in [-0.2, 0) is 6.54 Å². The highest BCUT2D eigenvalue weighted by Crippen LogP contribution is 2.29. The molecule has 0 saturated carbocycles. The quantitative estimate of drug-likeness (QED) is 0.873. The first kappa shape index (κ1) is 18.8. The predicted octanol–water partition coefficient (Wildman–Crippen LogP) is 4.03. The lowest BCUT2D eigenvalue weighted by Crippen LogP contribution is -2.54. The van der Waals surface area contributed by atoms with Crippen LogP contribution in [0, 0.1) is 0 Å². The Balaban J connectivity index is 1.37. The van der Waals surface area contributed by atoms with Crippen molar-refractivity contribution in [3.8, 4) is 0 Å². The second-order valence-electron chi connectivity index (χ2n) is 7.90. The number of urea groups is 1. The summed E-state index contributed by atoms with van der Waals surface area (Å²) in [5, 5.41) is 3.18. The monoisotopic (exact) mass is 378 g/mol. The van der Waals surface area contributed by atoms with Gasteiger partial charge in [0.2, 0.25) is 0 Å². The van der Waals surface area contributed by atoms with E-state index in [1.165, 1.54) is 18.4 Å². The van der Waals surface area contributed by atoms with Crippen LogP contribution in [0.15, 0.2) is 54.6 Å². The van der Waals surface area contributed by atoms with Crippen LogP contribution in [0.5, 0.6) is 0 Å². The van der Waals surface area contributed by atoms with Crippen molar-refractivity contribution in [2.45, 2.75) is 32.4 Å². The lowest BCUT2D eigenvalue weighted by molar-refractivity contribution is 0.104. The van der Waals surface area contributed by atoms with Gasteiger partial charge in [0.15, 0.2) is 0 Å². The van der Waals surface area contributed by atoms with E-state index in [-0.39, 0.29) is 12.1 Å². The molecule has 2 fully saturated rings. The number of nitrogens with zero attached hydrogens (tertiary/aromatic N) is 3. The molecule has 2 aromatic carbocycles. The van der Waals surface area contributed by atoms with Gasteiger partial charge in [0.25, 0.3) is 0 Å². The van der Waals surface area contributed by atoms with Crippen LogP contribution in [0.2, 0.25) is 0 Å². The van der Waals surface area contributed by atoms with Crippen molar-refractivity contribution in [1.29, 1.82) is 0 Å². The Labute approximate surface area is 167 Å². The number of hydrogen-bond donors (Lipinski definition) is 1. The number of piperazine rings is 1. The zero-order valence-electron chi connectivity index (χ0n) is 16.7. The van der Waals surface area contributed by atoms with Crippen molar-refractivity contribution in [1.82, 2.24) is 9.80 Å². The predicted molar refractivity (Wildman–Crippen MR) is 115 cm³/mol. The summed E-state index contributed by atoms with van der Waals surface area (Å²) in [5.41, 5.74) is 3.39. The van der Waals surface area contributed by atoms with E-state index in [1.54, 1.807) is 0 Å². The summed E-state index contributed by atoms with van der Waals surface area (Å²) >= 11 is 0. The fraction of sp³-hybridized carbons (Fsp3) is 0.435. The van der Waals surface area contributed by atoms with Gasteiger partial charge in [-0.2, -0.15) is 0 Å². The van der Waals surface area contributed by atoms with Crippen molar-refractivity contribution in [2.24, 2.45) is 0 Å². The molecular formula is C23H30N4O. The number of anilines is 2. The van der Waals surface area contributed by atoms with Crippen molar-refractivity contribution in [3.63, 3.8) is 0 Å². The van der Waals surface area contributed by atoms with E-state index in [4.69, 9.17) is 0 Å². The van der Waals surface area contributed by atoms with Gasteiger partial charge in [-0.1, -0.05) is 42.5 Å². The summed E-state index contributed by atoms with van der Waals surface area (Å²) in [6.45, 7) is 7.78. The summed E-state index contributed by atoms with van der Waals surface area (Å²) in [4.78, 5) is 19.8. The van der Waals surface area contributed by atoms with Crippen LogP contribution in [-0.4, -0.2) is 54.6 Å². The van der Waals surface area contributed by atoms with E-state index in [2.05, 4.69) is 52.4 Å². The average Bonchev–Trinajstić information content (AvgIpc) is 3.24. The topological polar surface area (TPSA) is 38.8 Å². The minimum Gasteiger partial charge on any atom is -0.370 e. The Bertz CT molecular complexity index is 788. The highest BCUT2D eigenvalue weighted by Gasteiger charge is 2.28. The van der Waals surface area contributed by atoms with Crippen molar-refractivity contribution < 1.29 is 4.79 Å². The summed E-state index contributed by atoms with van der Waals surface area (Å²) in [6.07, 6.45) is 2.45. The van der Waals surface area contributed by atoms with Gasteiger partial charge in [0, 0.05) is 45.3 Å². The first-order valence-corrected chi connectivity index (χ1v) is 10.4. The zero-order valence-corrected chi connectivity index (χ0v) is 16.7. The van der Waals surface area contributed by atoms with Crippen molar-refractivity contribution in [2.75, 3.05) is 42.9 Å². The second-order valence-corrected chi connectivity index (χ2v) is 7.90. The molecule has 1 atom stereocenters. The molecule has 2 heterocycles. The first-order valence-electron chi connectivity index (χ1n) is 10.4. The third-order valence-electron chi connectivity index (χ3n) is 5.81. The molecular weight excluding hydrogens is 348 g/mol. The van der Waals surface area contributed by atoms with Crippen molar-refractivity contribution in [3.05, 3.63) is 60.2 Å². The van der Waals surface area contributed by atoms with Crippen molar-refractivity contribution >= 4 is 17.4 Å². The smallest absolute Gasteiger partial charge is 0.322 e. The first-order chi connectivity index (χ1) is 13.7. The molecule has 0 aromatic heterocycles. The molecule has 0 spiro atoms. The van der Waals surface area contributed by atoms with Gasteiger partial charge in [0.05, 0.1) is 11.4 Å². The van der Waals surface area contributed by atoms with Crippen LogP contribution < -0.4 is 10.2 Å². The fourth-order valence-electron chi connectivity index (χ4n) is 4.32. The molecule has 0 radical (unpaired) electrons. The Hall–Kier alpha value is -2.53. The lowest BCUT2D eigenvalue weighted by atomic mass is 10.1. The molecule has 2 aliphatic heterocycles. The van der Waals surface area contributed by atoms with Gasteiger partial charge in [-0.05, 0) is 37.5 Å². The third-order valence-corrected chi connectivity index (χ3v) is 5.81. The zero-order chi connectivity index (χ0) is 19.3. The summed E-state index contributed by atoms with van der Waals surface area (Å²) in [6, 6.07) is 18.9. The minimum atomic E-state index is 0.0125. The molecule has 0 unspecified atom stereocenters. The van der Waals surface area contributed by atoms with Gasteiger partial charge in [0.1, 0.15) is 0 Å². The van der Waals surface area contributed by atoms with Gasteiger partial charge < -0.3 is 15.1 Å². The lowest BCUT2D eigenvalue weighted by Gasteiger charge is -2.40. The Kier molecular flexibility index (Phi) is 5.81. The minimum absolute atomic E-state index is 0.0125. The Morgan fingerprint density at radius 1 is 0.964 bits per heavy atom. The maximum Gasteiger partial charge on any atom is 0.322 e. The highest BCUT2D eigenvalue weighted by molar-refractivity contribution is 5.93. The molecule has 28 heavy (non-hydrogen) atoms. The van der Waals surface area contributed by atoms with Gasteiger partial charge in [-0.3, -0.25) is 4.90 Å². The maximum absolute atomic E-state index is 13.0. The number of benzene rings is 2. The summed E-state index contributed by atoms with van der Waals surface area (Å²) in [5.74, 6) is 0. The Morgan fingerprint density at radius 3 is 2.43 bits per heavy atom. The molecule has 0 aliphatic carbocycles. The largest absolute Gasteiger partial charge is 0.370 e. The van der Waals surface area contributed by atoms with E-state index in [0.717, 1.165) is 50.6 Å². The molecule has 1 N–H and O–H groups in total. The molecule has 5 heteroatoms. The third kappa shape index (κ3) is 4.30. The average molecular weight is 379 g/mol. The number of nitrogens with one attached hydrogen (secondary N) is 1. The van der Waals surface area contributed by atoms with Gasteiger partial charge >= 0.3 is 6.03 Å². The number of carbonyl (C=O) groups excluding carboxylic acids is 1. The van der Waals surface area contributed by atoms with Crippen LogP contribution >= 0.6 is 0 Å². The fourth-order valence-corrected chi connectivity index (χ4v) is 4.32. The molecule has 2 saturated heterocycles. The molecule has 148 valence electrons. The van der Waals surface area contributed by atoms with Gasteiger partial charge in [-0.25, -0.2) is 4.79 Å². The number of rotatable bonds is 4. The van der Waals surface area contributed by atoms with Crippen LogP contribution in [0.3, 0.4) is 0 Å². The van der Waals surface area contributed by atoms with E-state index in [0.29, 0.717) is 0 Å². The van der Waals surface area contributed by atoms with Crippen LogP contribution in [0.1, 0.15) is 25.3 Å². The molecule has 0 bridgehead atoms. The second kappa shape index (κ2) is 8.65. The summed E-state index contributed by atoms with van der Waals surface area (Å²) in [7, 11) is 0. The van der Waals surface area contributed by atoms with E-state index in [1.807, 2.05) is 29.2 Å². The normalized spacial score (nSPS) is 20.4. The molecule has 2 aromatic rings. The molecule has 2 amide bonds. The highest BCUT2D eigenvalue weighted by atomic mass is 16.2. The SMILES string of the molecule is C[C@@H]1CN(Cc2ccccc2)CCN1C(=O)Nc1ccccc1N1CCCC1. The van der Waals surface area contributed by atoms with E-state index in [9.17, 15) is 4.79 Å². The number of para-hydroxylation sites is 2.